The van der Waals surface area contributed by atoms with Crippen LogP contribution in [0, 0.1) is 5.41 Å². The molecule has 1 aliphatic heterocycles. The van der Waals surface area contributed by atoms with E-state index in [1.807, 2.05) is 0 Å². The normalized spacial score (nSPS) is 25.2. The number of carboxylic acid groups (broad SMARTS) is 1. The maximum absolute atomic E-state index is 11.7. The molecule has 0 aromatic rings. The molecule has 4 nitrogen and oxygen atoms in total. The summed E-state index contributed by atoms with van der Waals surface area (Å²) in [6.07, 6.45) is 9.01. The van der Waals surface area contributed by atoms with Gasteiger partial charge < -0.3 is 14.7 Å². The van der Waals surface area contributed by atoms with Gasteiger partial charge in [0.15, 0.2) is 0 Å². The molecule has 1 aliphatic carbocycles. The van der Waals surface area contributed by atoms with Gasteiger partial charge in [-0.15, -0.1) is 0 Å². The summed E-state index contributed by atoms with van der Waals surface area (Å²) < 4.78 is 5.34. The van der Waals surface area contributed by atoms with Crippen molar-refractivity contribution in [2.75, 3.05) is 26.8 Å². The predicted octanol–water partition coefficient (Wildman–Crippen LogP) is 2.52. The van der Waals surface area contributed by atoms with Gasteiger partial charge in [0.05, 0.1) is 5.41 Å². The van der Waals surface area contributed by atoms with Crippen LogP contribution in [0.1, 0.15) is 51.4 Å². The van der Waals surface area contributed by atoms with E-state index in [4.69, 9.17) is 4.74 Å². The third-order valence-electron chi connectivity index (χ3n) is 4.90. The molecular formula is C15H27NO3. The van der Waals surface area contributed by atoms with Crippen molar-refractivity contribution in [3.63, 3.8) is 0 Å². The van der Waals surface area contributed by atoms with Crippen LogP contribution >= 0.6 is 0 Å². The minimum atomic E-state index is -0.642. The van der Waals surface area contributed by atoms with Crippen molar-refractivity contribution >= 4 is 5.97 Å². The standard InChI is InChI=1S/C15H27NO3/c1-16(13-6-4-2-3-5-7-13)12-15(14(17)18)8-10-19-11-9-15/h13H,2-12H2,1H3,(H,17,18). The van der Waals surface area contributed by atoms with Crippen molar-refractivity contribution in [3.05, 3.63) is 0 Å². The summed E-state index contributed by atoms with van der Waals surface area (Å²) in [6, 6.07) is 0.571. The summed E-state index contributed by atoms with van der Waals surface area (Å²) in [7, 11) is 2.11. The lowest BCUT2D eigenvalue weighted by Gasteiger charge is -2.39. The Kier molecular flexibility index (Phi) is 5.22. The van der Waals surface area contributed by atoms with Gasteiger partial charge >= 0.3 is 5.97 Å². The van der Waals surface area contributed by atoms with E-state index in [0.717, 1.165) is 0 Å². The molecule has 19 heavy (non-hydrogen) atoms. The van der Waals surface area contributed by atoms with Gasteiger partial charge in [0.1, 0.15) is 0 Å². The molecule has 1 saturated carbocycles. The minimum Gasteiger partial charge on any atom is -0.481 e. The molecule has 0 amide bonds. The first-order valence-electron chi connectivity index (χ1n) is 7.65. The molecule has 4 heteroatoms. The molecule has 2 fully saturated rings. The topological polar surface area (TPSA) is 49.8 Å². The first kappa shape index (κ1) is 14.8. The molecule has 0 bridgehead atoms. The zero-order valence-corrected chi connectivity index (χ0v) is 12.1. The van der Waals surface area contributed by atoms with Gasteiger partial charge in [0, 0.05) is 25.8 Å². The van der Waals surface area contributed by atoms with E-state index in [0.29, 0.717) is 38.6 Å². The van der Waals surface area contributed by atoms with Gasteiger partial charge in [-0.1, -0.05) is 25.7 Å². The summed E-state index contributed by atoms with van der Waals surface area (Å²) in [5.74, 6) is -0.642. The van der Waals surface area contributed by atoms with Crippen molar-refractivity contribution in [2.45, 2.75) is 57.4 Å². The maximum atomic E-state index is 11.7. The van der Waals surface area contributed by atoms with Crippen LogP contribution < -0.4 is 0 Å². The molecule has 1 N–H and O–H groups in total. The van der Waals surface area contributed by atoms with Crippen molar-refractivity contribution in [3.8, 4) is 0 Å². The second-order valence-electron chi connectivity index (χ2n) is 6.26. The van der Waals surface area contributed by atoms with E-state index in [9.17, 15) is 9.90 Å². The number of nitrogens with zero attached hydrogens (tertiary/aromatic N) is 1. The van der Waals surface area contributed by atoms with Crippen LogP contribution in [0.15, 0.2) is 0 Å². The second kappa shape index (κ2) is 6.71. The smallest absolute Gasteiger partial charge is 0.311 e. The van der Waals surface area contributed by atoms with Crippen molar-refractivity contribution in [1.29, 1.82) is 0 Å². The van der Waals surface area contributed by atoms with Crippen LogP contribution in [0.25, 0.3) is 0 Å². The zero-order valence-electron chi connectivity index (χ0n) is 12.1. The monoisotopic (exact) mass is 269 g/mol. The largest absolute Gasteiger partial charge is 0.481 e. The Morgan fingerprint density at radius 1 is 1.21 bits per heavy atom. The molecule has 1 heterocycles. The van der Waals surface area contributed by atoms with Crippen molar-refractivity contribution in [2.24, 2.45) is 5.41 Å². The maximum Gasteiger partial charge on any atom is 0.311 e. The lowest BCUT2D eigenvalue weighted by atomic mass is 9.79. The van der Waals surface area contributed by atoms with Gasteiger partial charge in [-0.25, -0.2) is 0 Å². The van der Waals surface area contributed by atoms with Crippen LogP contribution in [0.4, 0.5) is 0 Å². The number of aliphatic carboxylic acids is 1. The Labute approximate surface area is 116 Å². The molecular weight excluding hydrogens is 242 g/mol. The van der Waals surface area contributed by atoms with Gasteiger partial charge in [-0.05, 0) is 32.7 Å². The highest BCUT2D eigenvalue weighted by molar-refractivity contribution is 5.75. The van der Waals surface area contributed by atoms with Crippen LogP contribution in [0.3, 0.4) is 0 Å². The fourth-order valence-corrected chi connectivity index (χ4v) is 3.51. The summed E-state index contributed by atoms with van der Waals surface area (Å²) in [5.41, 5.74) is -0.584. The first-order valence-corrected chi connectivity index (χ1v) is 7.65. The number of hydrogen-bond acceptors (Lipinski definition) is 3. The summed E-state index contributed by atoms with van der Waals surface area (Å²) >= 11 is 0. The highest BCUT2D eigenvalue weighted by Crippen LogP contribution is 2.33. The quantitative estimate of drug-likeness (QED) is 0.797. The van der Waals surface area contributed by atoms with E-state index >= 15 is 0 Å². The average Bonchev–Trinajstić information content (AvgIpc) is 2.68. The molecule has 0 spiro atoms. The highest BCUT2D eigenvalue weighted by Gasteiger charge is 2.41. The van der Waals surface area contributed by atoms with Gasteiger partial charge in [-0.3, -0.25) is 4.79 Å². The third kappa shape index (κ3) is 3.69. The lowest BCUT2D eigenvalue weighted by molar-refractivity contribution is -0.157. The number of carbonyl (C=O) groups is 1. The van der Waals surface area contributed by atoms with E-state index in [1.165, 1.54) is 38.5 Å². The number of hydrogen-bond donors (Lipinski definition) is 1. The number of carboxylic acids is 1. The number of ether oxygens (including phenoxy) is 1. The Balaban J connectivity index is 1.97. The van der Waals surface area contributed by atoms with Crippen molar-refractivity contribution in [1.82, 2.24) is 4.90 Å². The van der Waals surface area contributed by atoms with E-state index in [2.05, 4.69) is 11.9 Å². The Bertz CT molecular complexity index is 292. The molecule has 0 radical (unpaired) electrons. The minimum absolute atomic E-state index is 0.571. The van der Waals surface area contributed by atoms with Gasteiger partial charge in [0.25, 0.3) is 0 Å². The molecule has 110 valence electrons. The molecule has 2 aliphatic rings. The first-order chi connectivity index (χ1) is 9.14. The fourth-order valence-electron chi connectivity index (χ4n) is 3.51. The SMILES string of the molecule is CN(CC1(C(=O)O)CCOCC1)C1CCCCCC1. The molecule has 0 aromatic heterocycles. The van der Waals surface area contributed by atoms with Crippen LogP contribution in [0.2, 0.25) is 0 Å². The zero-order chi connectivity index (χ0) is 13.7. The van der Waals surface area contributed by atoms with Gasteiger partial charge in [-0.2, -0.15) is 0 Å². The van der Waals surface area contributed by atoms with Crippen LogP contribution in [-0.4, -0.2) is 48.8 Å². The Hall–Kier alpha value is -0.610. The fraction of sp³-hybridized carbons (Fsp3) is 0.933. The second-order valence-corrected chi connectivity index (χ2v) is 6.26. The highest BCUT2D eigenvalue weighted by atomic mass is 16.5. The molecule has 0 aromatic carbocycles. The molecule has 0 atom stereocenters. The molecule has 1 saturated heterocycles. The lowest BCUT2D eigenvalue weighted by Crippen LogP contribution is -2.48. The number of rotatable bonds is 4. The third-order valence-corrected chi connectivity index (χ3v) is 4.90. The molecule has 2 rings (SSSR count). The summed E-state index contributed by atoms with van der Waals surface area (Å²) in [5, 5.41) is 9.61. The Morgan fingerprint density at radius 2 is 1.79 bits per heavy atom. The van der Waals surface area contributed by atoms with E-state index < -0.39 is 11.4 Å². The van der Waals surface area contributed by atoms with E-state index in [1.54, 1.807) is 0 Å². The Morgan fingerprint density at radius 3 is 2.32 bits per heavy atom. The van der Waals surface area contributed by atoms with Crippen molar-refractivity contribution < 1.29 is 14.6 Å². The summed E-state index contributed by atoms with van der Waals surface area (Å²) in [4.78, 5) is 14.0. The molecule has 0 unspecified atom stereocenters. The predicted molar refractivity (Wildman–Crippen MR) is 74.2 cm³/mol. The van der Waals surface area contributed by atoms with Crippen LogP contribution in [0.5, 0.6) is 0 Å². The summed E-state index contributed by atoms with van der Waals surface area (Å²) in [6.45, 7) is 1.85. The van der Waals surface area contributed by atoms with Gasteiger partial charge in [0.2, 0.25) is 0 Å². The average molecular weight is 269 g/mol. The van der Waals surface area contributed by atoms with Crippen LogP contribution in [-0.2, 0) is 9.53 Å². The van der Waals surface area contributed by atoms with E-state index in [-0.39, 0.29) is 0 Å².